The first kappa shape index (κ1) is 30.0. The molecule has 6 saturated carbocycles. The summed E-state index contributed by atoms with van der Waals surface area (Å²) in [5.74, 6) is 7.58. The van der Waals surface area contributed by atoms with Gasteiger partial charge in [-0.05, 0) is 131 Å². The molecule has 1 heteroatoms. The van der Waals surface area contributed by atoms with Gasteiger partial charge in [0.15, 0.2) is 0 Å². The van der Waals surface area contributed by atoms with Crippen LogP contribution in [0.1, 0.15) is 187 Å². The lowest BCUT2D eigenvalue weighted by atomic mass is 9.68. The Morgan fingerprint density at radius 3 is 0.975 bits per heavy atom. The minimum absolute atomic E-state index is 0.931. The topological polar surface area (TPSA) is 3.24 Å². The van der Waals surface area contributed by atoms with Crippen LogP contribution in [0.4, 0.5) is 0 Å². The summed E-state index contributed by atoms with van der Waals surface area (Å²) in [7, 11) is 0. The average Bonchev–Trinajstić information content (AvgIpc) is 3.04. The largest absolute Gasteiger partial charge is 0.294 e. The van der Waals surface area contributed by atoms with Gasteiger partial charge in [0.1, 0.15) is 0 Å². The third-order valence-electron chi connectivity index (χ3n) is 14.4. The Balaban J connectivity index is 1.05. The molecule has 0 atom stereocenters. The zero-order valence-corrected chi connectivity index (χ0v) is 27.0. The molecule has 1 nitrogen and oxygen atoms in total. The van der Waals surface area contributed by atoms with E-state index in [1.807, 2.05) is 0 Å². The van der Waals surface area contributed by atoms with E-state index in [9.17, 15) is 0 Å². The maximum atomic E-state index is 3.29. The average molecular weight is 552 g/mol. The predicted octanol–water partition coefficient (Wildman–Crippen LogP) is 11.7. The van der Waals surface area contributed by atoms with Crippen LogP contribution in [-0.2, 0) is 0 Å². The van der Waals surface area contributed by atoms with Crippen molar-refractivity contribution < 1.29 is 0 Å². The van der Waals surface area contributed by atoms with E-state index in [2.05, 4.69) is 11.8 Å². The molecule has 0 N–H and O–H groups in total. The van der Waals surface area contributed by atoms with Crippen molar-refractivity contribution in [2.75, 3.05) is 0 Å². The van der Waals surface area contributed by atoms with Crippen LogP contribution in [0.3, 0.4) is 0 Å². The van der Waals surface area contributed by atoms with E-state index in [-0.39, 0.29) is 0 Å². The van der Waals surface area contributed by atoms with Crippen molar-refractivity contribution in [2.24, 2.45) is 41.4 Å². The van der Waals surface area contributed by atoms with Gasteiger partial charge >= 0.3 is 0 Å². The summed E-state index contributed by atoms with van der Waals surface area (Å²) in [5.41, 5.74) is 0. The smallest absolute Gasteiger partial charge is 0.0101 e. The molecule has 0 aliphatic heterocycles. The molecule has 40 heavy (non-hydrogen) atoms. The van der Waals surface area contributed by atoms with Crippen molar-refractivity contribution in [3.05, 3.63) is 0 Å². The number of hydrogen-bond acceptors (Lipinski definition) is 1. The first-order valence-corrected chi connectivity index (χ1v) is 19.6. The molecule has 0 heterocycles. The third-order valence-corrected chi connectivity index (χ3v) is 14.4. The summed E-state index contributed by atoms with van der Waals surface area (Å²) < 4.78 is 0. The molecule has 6 rings (SSSR count). The second-order valence-corrected chi connectivity index (χ2v) is 16.5. The molecular formula is C39H69N. The van der Waals surface area contributed by atoms with Crippen molar-refractivity contribution in [1.29, 1.82) is 0 Å². The van der Waals surface area contributed by atoms with Gasteiger partial charge in [0.05, 0.1) is 0 Å². The minimum atomic E-state index is 0.931. The molecule has 0 bridgehead atoms. The lowest BCUT2D eigenvalue weighted by Crippen LogP contribution is -2.53. The van der Waals surface area contributed by atoms with Crippen LogP contribution in [0.2, 0.25) is 0 Å². The molecule has 0 aromatic carbocycles. The molecule has 0 spiro atoms. The Hall–Kier alpha value is -0.0400. The lowest BCUT2D eigenvalue weighted by molar-refractivity contribution is -0.0113. The van der Waals surface area contributed by atoms with Crippen molar-refractivity contribution in [3.8, 4) is 0 Å². The number of rotatable bonds is 8. The molecular weight excluding hydrogens is 482 g/mol. The zero-order chi connectivity index (χ0) is 27.1. The van der Waals surface area contributed by atoms with Gasteiger partial charge in [0.25, 0.3) is 0 Å². The van der Waals surface area contributed by atoms with Crippen LogP contribution < -0.4 is 0 Å². The molecule has 0 radical (unpaired) electrons. The SMILES string of the molecule is CCCC1CCC(C2CCC(N(C3CCC(C4CCCCC4)CC3)C3CCC(C4CCCCC4)CC3)CC2)CC1. The van der Waals surface area contributed by atoms with Gasteiger partial charge in [-0.15, -0.1) is 0 Å². The standard InChI is InChI=1S/C39H69N/c1-2-9-30-14-16-33(17-15-30)36-22-28-39(29-23-36)40(37-24-18-34(19-25-37)31-10-5-3-6-11-31)38-26-20-35(21-27-38)32-12-7-4-8-13-32/h30-39H,2-29H2,1H3. The normalized spacial score (nSPS) is 41.2. The maximum Gasteiger partial charge on any atom is 0.0101 e. The van der Waals surface area contributed by atoms with E-state index in [1.54, 1.807) is 128 Å². The minimum Gasteiger partial charge on any atom is -0.294 e. The highest BCUT2D eigenvalue weighted by molar-refractivity contribution is 4.95. The second kappa shape index (κ2) is 15.1. The molecule has 6 fully saturated rings. The molecule has 0 amide bonds. The van der Waals surface area contributed by atoms with Crippen LogP contribution in [0, 0.1) is 41.4 Å². The highest BCUT2D eigenvalue weighted by Crippen LogP contribution is 2.47. The van der Waals surface area contributed by atoms with Gasteiger partial charge in [-0.2, -0.15) is 0 Å². The summed E-state index contributed by atoms with van der Waals surface area (Å²) in [5, 5.41) is 0. The van der Waals surface area contributed by atoms with Crippen LogP contribution >= 0.6 is 0 Å². The summed E-state index contributed by atoms with van der Waals surface area (Å²) in [6.07, 6.45) is 43.3. The molecule has 0 saturated heterocycles. The first-order valence-electron chi connectivity index (χ1n) is 19.6. The van der Waals surface area contributed by atoms with Gasteiger partial charge in [0, 0.05) is 18.1 Å². The quantitative estimate of drug-likeness (QED) is 0.290. The van der Waals surface area contributed by atoms with E-state index < -0.39 is 0 Å². The summed E-state index contributed by atoms with van der Waals surface area (Å²) in [4.78, 5) is 3.29. The van der Waals surface area contributed by atoms with Crippen LogP contribution in [0.15, 0.2) is 0 Å². The zero-order valence-electron chi connectivity index (χ0n) is 27.0. The molecule has 6 aliphatic rings. The van der Waals surface area contributed by atoms with Gasteiger partial charge in [0.2, 0.25) is 0 Å². The molecule has 0 unspecified atom stereocenters. The van der Waals surface area contributed by atoms with E-state index in [1.165, 1.54) is 51.4 Å². The van der Waals surface area contributed by atoms with Gasteiger partial charge in [-0.3, -0.25) is 4.90 Å². The number of nitrogens with zero attached hydrogens (tertiary/aromatic N) is 1. The third kappa shape index (κ3) is 7.53. The van der Waals surface area contributed by atoms with E-state index in [4.69, 9.17) is 0 Å². The summed E-state index contributed by atoms with van der Waals surface area (Å²) in [6.45, 7) is 2.39. The van der Waals surface area contributed by atoms with Crippen molar-refractivity contribution in [3.63, 3.8) is 0 Å². The van der Waals surface area contributed by atoms with Crippen LogP contribution in [-0.4, -0.2) is 23.0 Å². The maximum absolute atomic E-state index is 3.29. The fourth-order valence-electron chi connectivity index (χ4n) is 12.1. The Morgan fingerprint density at radius 2 is 0.650 bits per heavy atom. The van der Waals surface area contributed by atoms with Crippen molar-refractivity contribution in [2.45, 2.75) is 205 Å². The van der Waals surface area contributed by atoms with Crippen molar-refractivity contribution in [1.82, 2.24) is 4.90 Å². The monoisotopic (exact) mass is 552 g/mol. The molecule has 230 valence electrons. The van der Waals surface area contributed by atoms with E-state index in [0.29, 0.717) is 0 Å². The van der Waals surface area contributed by atoms with Crippen LogP contribution in [0.5, 0.6) is 0 Å². The Kier molecular flexibility index (Phi) is 11.3. The Labute approximate surface area is 250 Å². The molecule has 0 aromatic rings. The predicted molar refractivity (Wildman–Crippen MR) is 173 cm³/mol. The summed E-state index contributed by atoms with van der Waals surface area (Å²) >= 11 is 0. The van der Waals surface area contributed by atoms with Gasteiger partial charge < -0.3 is 0 Å². The molecule has 0 aromatic heterocycles. The fraction of sp³-hybridized carbons (Fsp3) is 1.00. The number of hydrogen-bond donors (Lipinski definition) is 0. The van der Waals surface area contributed by atoms with E-state index >= 15 is 0 Å². The second-order valence-electron chi connectivity index (χ2n) is 16.5. The first-order chi connectivity index (χ1) is 19.8. The van der Waals surface area contributed by atoms with Crippen LogP contribution in [0.25, 0.3) is 0 Å². The van der Waals surface area contributed by atoms with Crippen molar-refractivity contribution >= 4 is 0 Å². The van der Waals surface area contributed by atoms with Gasteiger partial charge in [-0.25, -0.2) is 0 Å². The lowest BCUT2D eigenvalue weighted by Gasteiger charge is -2.51. The molecule has 6 aliphatic carbocycles. The highest BCUT2D eigenvalue weighted by atomic mass is 15.2. The highest BCUT2D eigenvalue weighted by Gasteiger charge is 2.41. The Morgan fingerprint density at radius 1 is 0.350 bits per heavy atom. The van der Waals surface area contributed by atoms with Gasteiger partial charge in [-0.1, -0.05) is 96.8 Å². The fourth-order valence-corrected chi connectivity index (χ4v) is 12.1. The summed E-state index contributed by atoms with van der Waals surface area (Å²) in [6, 6.07) is 2.80. The van der Waals surface area contributed by atoms with E-state index in [0.717, 1.165) is 59.6 Å². The Bertz CT molecular complexity index is 648.